The molecule has 0 bridgehead atoms. The summed E-state index contributed by atoms with van der Waals surface area (Å²) in [6, 6.07) is 0. The van der Waals surface area contributed by atoms with Gasteiger partial charge in [-0.05, 0) is 0 Å². The first-order valence-corrected chi connectivity index (χ1v) is 2.07. The van der Waals surface area contributed by atoms with E-state index >= 15 is 0 Å². The minimum Gasteiger partial charge on any atom is -0.480 e. The molecule has 0 radical (unpaired) electrons. The predicted molar refractivity (Wildman–Crippen MR) is 26.3 cm³/mol. The van der Waals surface area contributed by atoms with Crippen LogP contribution in [0.3, 0.4) is 0 Å². The molecule has 0 rings (SSSR count). The number of carboxylic acids is 1. The van der Waals surface area contributed by atoms with Gasteiger partial charge in [-0.3, -0.25) is 9.59 Å². The van der Waals surface area contributed by atoms with Crippen molar-refractivity contribution in [2.75, 3.05) is 6.54 Å². The molecule has 0 aromatic heterocycles. The van der Waals surface area contributed by atoms with Gasteiger partial charge in [0.05, 0.1) is 0 Å². The number of carbonyl (C=O) groups is 2. The Balaban J connectivity index is 3.28. The van der Waals surface area contributed by atoms with E-state index < -0.39 is 5.97 Å². The second-order valence-electron chi connectivity index (χ2n) is 1.28. The van der Waals surface area contributed by atoms with Crippen LogP contribution in [0.15, 0.2) is 0 Å². The highest BCUT2D eigenvalue weighted by molar-refractivity contribution is 5.79. The van der Waals surface area contributed by atoms with E-state index in [1.807, 2.05) is 0 Å². The van der Waals surface area contributed by atoms with Gasteiger partial charge in [0.25, 0.3) is 1.43 Å². The van der Waals surface area contributed by atoms with Gasteiger partial charge in [-0.2, -0.15) is 0 Å². The summed E-state index contributed by atoms with van der Waals surface area (Å²) in [5.74, 6) is -1.09. The van der Waals surface area contributed by atoms with Crippen LogP contribution in [-0.4, -0.2) is 23.5 Å². The number of rotatable bonds is 2. The van der Waals surface area contributed by atoms with Crippen molar-refractivity contribution in [2.45, 2.75) is 6.92 Å². The van der Waals surface area contributed by atoms with Crippen LogP contribution in [0.4, 0.5) is 0 Å². The van der Waals surface area contributed by atoms with E-state index in [1.165, 1.54) is 6.92 Å². The second-order valence-corrected chi connectivity index (χ2v) is 1.28. The van der Waals surface area contributed by atoms with E-state index in [0.29, 0.717) is 0 Å². The maximum Gasteiger partial charge on any atom is 0.322 e. The monoisotopic (exact) mass is 118 g/mol. The van der Waals surface area contributed by atoms with Gasteiger partial charge in [-0.15, -0.1) is 0 Å². The van der Waals surface area contributed by atoms with Crippen molar-refractivity contribution in [3.63, 3.8) is 0 Å². The summed E-state index contributed by atoms with van der Waals surface area (Å²) in [6.07, 6.45) is 0. The summed E-state index contributed by atoms with van der Waals surface area (Å²) in [5.41, 5.74) is 0. The van der Waals surface area contributed by atoms with Crippen molar-refractivity contribution in [3.05, 3.63) is 0 Å². The van der Waals surface area contributed by atoms with Gasteiger partial charge in [-0.1, -0.05) is 0 Å². The van der Waals surface area contributed by atoms with Crippen molar-refractivity contribution >= 4 is 11.9 Å². The van der Waals surface area contributed by atoms with Gasteiger partial charge in [0.2, 0.25) is 5.91 Å². The molecule has 46 valence electrons. The summed E-state index contributed by atoms with van der Waals surface area (Å²) in [5, 5.41) is 5.66. The Morgan fingerprint density at radius 3 is 2.88 bits per heavy atom. The van der Waals surface area contributed by atoms with Crippen LogP contribution in [0, 0.1) is 0 Å². The quantitative estimate of drug-likeness (QED) is 0.499. The first-order chi connectivity index (χ1) is 4.16. The largest absolute Gasteiger partial charge is 0.480 e. The number of aliphatic carboxylic acids is 1. The third-order valence-electron chi connectivity index (χ3n) is 0.482. The van der Waals surface area contributed by atoms with Crippen molar-refractivity contribution in [2.24, 2.45) is 0 Å². The lowest BCUT2D eigenvalue weighted by Crippen LogP contribution is -2.26. The topological polar surface area (TPSA) is 66.4 Å². The highest BCUT2D eigenvalue weighted by Gasteiger charge is 1.94. The van der Waals surface area contributed by atoms with Gasteiger partial charge in [0, 0.05) is 6.92 Å². The molecule has 0 atom stereocenters. The molecule has 8 heavy (non-hydrogen) atoms. The molecule has 0 unspecified atom stereocenters. The SMILES string of the molecule is [2H]OC(=O)CNC(C)=O. The third kappa shape index (κ3) is 4.94. The zero-order valence-corrected chi connectivity index (χ0v) is 4.43. The molecule has 0 aliphatic carbocycles. The molecule has 0 aromatic carbocycles. The van der Waals surface area contributed by atoms with E-state index in [1.54, 1.807) is 0 Å². The zero-order chi connectivity index (χ0) is 7.28. The average molecular weight is 118 g/mol. The average Bonchev–Trinajstić information content (AvgIpc) is 1.83. The predicted octanol–water partition coefficient (Wildman–Crippen LogP) is -0.793. The molecule has 1 amide bonds. The van der Waals surface area contributed by atoms with Gasteiger partial charge in [-0.25, -0.2) is 0 Å². The molecule has 0 saturated carbocycles. The highest BCUT2D eigenvalue weighted by Crippen LogP contribution is 1.60. The Morgan fingerprint density at radius 2 is 2.50 bits per heavy atom. The Morgan fingerprint density at radius 1 is 1.88 bits per heavy atom. The van der Waals surface area contributed by atoms with Crippen LogP contribution in [0.5, 0.6) is 0 Å². The minimum absolute atomic E-state index is 0.237. The van der Waals surface area contributed by atoms with Gasteiger partial charge >= 0.3 is 5.97 Å². The Labute approximate surface area is 48.0 Å². The van der Waals surface area contributed by atoms with Crippen molar-refractivity contribution in [1.82, 2.24) is 5.32 Å². The molecule has 2 N–H and O–H groups in total. The van der Waals surface area contributed by atoms with Crippen LogP contribution >= 0.6 is 0 Å². The fourth-order valence-electron chi connectivity index (χ4n) is 0.197. The Bertz CT molecular complexity index is 125. The van der Waals surface area contributed by atoms with E-state index in [0.717, 1.165) is 0 Å². The third-order valence-corrected chi connectivity index (χ3v) is 0.482. The molecule has 0 saturated heterocycles. The summed E-state index contributed by atoms with van der Waals surface area (Å²) >= 11 is 0. The van der Waals surface area contributed by atoms with E-state index in [4.69, 9.17) is 1.43 Å². The fourth-order valence-corrected chi connectivity index (χ4v) is 0.197. The molecule has 4 heteroatoms. The maximum absolute atomic E-state index is 10.1. The molecular weight excluding hydrogens is 110 g/mol. The first-order valence-electron chi connectivity index (χ1n) is 2.48. The van der Waals surface area contributed by atoms with E-state index in [2.05, 4.69) is 10.4 Å². The molecule has 0 aromatic rings. The van der Waals surface area contributed by atoms with Crippen molar-refractivity contribution in [3.8, 4) is 0 Å². The van der Waals surface area contributed by atoms with Crippen molar-refractivity contribution < 1.29 is 14.7 Å². The fraction of sp³-hybridized carbons (Fsp3) is 0.500. The molecule has 0 heterocycles. The zero-order valence-electron chi connectivity index (χ0n) is 5.43. The number of carbonyl (C=O) groups excluding carboxylic acids is 1. The summed E-state index contributed by atoms with van der Waals surface area (Å²) in [4.78, 5) is 20.2. The lowest BCUT2D eigenvalue weighted by Gasteiger charge is -1.92. The maximum atomic E-state index is 10.1. The Kier molecular flexibility index (Phi) is 1.91. The van der Waals surface area contributed by atoms with Gasteiger partial charge < -0.3 is 10.4 Å². The van der Waals surface area contributed by atoms with Crippen LogP contribution in [0.1, 0.15) is 6.92 Å². The molecular formula is C4H7NO3. The number of nitrogens with one attached hydrogen (secondary N) is 1. The number of hydrogen-bond donors (Lipinski definition) is 2. The molecule has 4 nitrogen and oxygen atoms in total. The second kappa shape index (κ2) is 3.01. The van der Waals surface area contributed by atoms with Gasteiger partial charge in [0.15, 0.2) is 0 Å². The molecule has 0 fully saturated rings. The standard InChI is InChI=1S/C4H7NO3/c1-3(6)5-2-4(7)8/h2H2,1H3,(H,5,6)(H,7,8)/i/hD. The normalized spacial score (nSPS) is 9.38. The molecule has 0 aliphatic rings. The van der Waals surface area contributed by atoms with Crippen LogP contribution < -0.4 is 5.32 Å². The summed E-state index contributed by atoms with van der Waals surface area (Å²) in [7, 11) is 0. The van der Waals surface area contributed by atoms with E-state index in [9.17, 15) is 9.59 Å². The number of carboxylic acid groups (broad SMARTS) is 1. The van der Waals surface area contributed by atoms with Crippen LogP contribution in [-0.2, 0) is 9.59 Å². The summed E-state index contributed by atoms with van der Waals surface area (Å²) < 4.78 is 6.05. The van der Waals surface area contributed by atoms with Crippen molar-refractivity contribution in [1.29, 1.82) is 1.43 Å². The highest BCUT2D eigenvalue weighted by atomic mass is 16.4. The first kappa shape index (κ1) is 5.08. The minimum atomic E-state index is -0.773. The van der Waals surface area contributed by atoms with Crippen LogP contribution in [0.2, 0.25) is 0 Å². The smallest absolute Gasteiger partial charge is 0.322 e. The molecule has 0 spiro atoms. The number of amides is 1. The molecule has 0 aliphatic heterocycles. The van der Waals surface area contributed by atoms with Crippen LogP contribution in [0.25, 0.3) is 1.43 Å². The van der Waals surface area contributed by atoms with Gasteiger partial charge in [0.1, 0.15) is 6.54 Å². The number of hydrogen-bond acceptors (Lipinski definition) is 3. The van der Waals surface area contributed by atoms with E-state index in [-0.39, 0.29) is 12.5 Å². The lowest BCUT2D eigenvalue weighted by molar-refractivity contribution is -0.137. The Hall–Kier alpha value is -1.06. The summed E-state index contributed by atoms with van der Waals surface area (Å²) in [6.45, 7) is 1.04. The lowest BCUT2D eigenvalue weighted by atomic mass is 10.6.